The van der Waals surface area contributed by atoms with Gasteiger partial charge >= 0.3 is 0 Å². The maximum absolute atomic E-state index is 12.2. The molecule has 5 heteroatoms. The Kier molecular flexibility index (Phi) is 3.85. The molecular formula is C14H14BrN3O. The molecule has 19 heavy (non-hydrogen) atoms. The fourth-order valence-electron chi connectivity index (χ4n) is 1.79. The lowest BCUT2D eigenvalue weighted by Gasteiger charge is -2.09. The molecule has 0 aliphatic carbocycles. The van der Waals surface area contributed by atoms with Crippen LogP contribution < -0.4 is 11.1 Å². The molecule has 0 radical (unpaired) electrons. The molecule has 0 saturated heterocycles. The molecular weight excluding hydrogens is 306 g/mol. The highest BCUT2D eigenvalue weighted by atomic mass is 79.9. The first-order valence-electron chi connectivity index (χ1n) is 5.76. The van der Waals surface area contributed by atoms with E-state index >= 15 is 0 Å². The number of carbonyl (C=O) groups is 1. The highest BCUT2D eigenvalue weighted by Gasteiger charge is 2.11. The molecule has 2 aromatic rings. The number of aromatic nitrogens is 1. The van der Waals surface area contributed by atoms with Crippen molar-refractivity contribution in [3.8, 4) is 0 Å². The van der Waals surface area contributed by atoms with Crippen LogP contribution in [0.15, 0.2) is 34.9 Å². The molecule has 0 saturated carbocycles. The van der Waals surface area contributed by atoms with Crippen molar-refractivity contribution >= 4 is 33.2 Å². The molecule has 4 nitrogen and oxygen atoms in total. The molecule has 0 aliphatic heterocycles. The van der Waals surface area contributed by atoms with Crippen molar-refractivity contribution in [2.24, 2.45) is 0 Å². The maximum atomic E-state index is 12.2. The van der Waals surface area contributed by atoms with Crippen LogP contribution in [0.1, 0.15) is 21.6 Å². The van der Waals surface area contributed by atoms with E-state index in [4.69, 9.17) is 5.73 Å². The van der Waals surface area contributed by atoms with Crippen molar-refractivity contribution in [3.63, 3.8) is 0 Å². The average Bonchev–Trinajstić information content (AvgIpc) is 2.30. The van der Waals surface area contributed by atoms with Crippen LogP contribution in [-0.4, -0.2) is 10.9 Å². The van der Waals surface area contributed by atoms with E-state index in [9.17, 15) is 4.79 Å². The molecule has 3 N–H and O–H groups in total. The molecule has 0 spiro atoms. The van der Waals surface area contributed by atoms with Gasteiger partial charge in [-0.3, -0.25) is 9.78 Å². The number of nitrogens with one attached hydrogen (secondary N) is 1. The third-order valence-corrected chi connectivity index (χ3v) is 3.11. The van der Waals surface area contributed by atoms with E-state index < -0.39 is 0 Å². The first kappa shape index (κ1) is 13.5. The van der Waals surface area contributed by atoms with Crippen molar-refractivity contribution < 1.29 is 4.79 Å². The van der Waals surface area contributed by atoms with Crippen LogP contribution in [0.5, 0.6) is 0 Å². The number of rotatable bonds is 2. The van der Waals surface area contributed by atoms with Crippen molar-refractivity contribution in [2.75, 3.05) is 11.1 Å². The Hall–Kier alpha value is -1.88. The number of amides is 1. The van der Waals surface area contributed by atoms with Crippen LogP contribution >= 0.6 is 15.9 Å². The Morgan fingerprint density at radius 2 is 2.00 bits per heavy atom. The second kappa shape index (κ2) is 5.40. The summed E-state index contributed by atoms with van der Waals surface area (Å²) in [7, 11) is 0. The number of carbonyl (C=O) groups excluding carboxylic acids is 1. The van der Waals surface area contributed by atoms with Crippen LogP contribution in [0.25, 0.3) is 0 Å². The van der Waals surface area contributed by atoms with Gasteiger partial charge in [0.25, 0.3) is 5.91 Å². The number of hydrogen-bond donors (Lipinski definition) is 2. The monoisotopic (exact) mass is 319 g/mol. The molecule has 0 bridgehead atoms. The lowest BCUT2D eigenvalue weighted by atomic mass is 10.1. The van der Waals surface area contributed by atoms with Crippen LogP contribution in [-0.2, 0) is 0 Å². The number of pyridine rings is 1. The van der Waals surface area contributed by atoms with Gasteiger partial charge in [0.2, 0.25) is 0 Å². The van der Waals surface area contributed by atoms with E-state index in [1.165, 1.54) is 6.20 Å². The van der Waals surface area contributed by atoms with E-state index in [0.29, 0.717) is 16.9 Å². The zero-order valence-corrected chi connectivity index (χ0v) is 12.3. The highest BCUT2D eigenvalue weighted by molar-refractivity contribution is 9.10. The second-order valence-corrected chi connectivity index (χ2v) is 5.29. The maximum Gasteiger partial charge on any atom is 0.257 e. The number of aryl methyl sites for hydroxylation is 2. The highest BCUT2D eigenvalue weighted by Crippen LogP contribution is 2.20. The van der Waals surface area contributed by atoms with Gasteiger partial charge in [-0.2, -0.15) is 0 Å². The number of nitrogens with zero attached hydrogens (tertiary/aromatic N) is 1. The molecule has 1 aromatic carbocycles. The Morgan fingerprint density at radius 1 is 1.26 bits per heavy atom. The summed E-state index contributed by atoms with van der Waals surface area (Å²) in [6.45, 7) is 3.74. The quantitative estimate of drug-likeness (QED) is 0.892. The third-order valence-electron chi connectivity index (χ3n) is 2.65. The predicted molar refractivity (Wildman–Crippen MR) is 80.2 cm³/mol. The molecule has 98 valence electrons. The minimum atomic E-state index is -0.213. The molecule has 0 fully saturated rings. The lowest BCUT2D eigenvalue weighted by Crippen LogP contribution is -2.14. The summed E-state index contributed by atoms with van der Waals surface area (Å²) in [6.07, 6.45) is 1.54. The van der Waals surface area contributed by atoms with E-state index in [2.05, 4.69) is 26.2 Å². The SMILES string of the molecule is Cc1cc(Br)cc(NC(=O)c2cc(N)cnc2C)c1. The topological polar surface area (TPSA) is 68.0 Å². The summed E-state index contributed by atoms with van der Waals surface area (Å²) in [5.41, 5.74) is 9.06. The Labute approximate surface area is 120 Å². The zero-order chi connectivity index (χ0) is 14.0. The number of anilines is 2. The minimum absolute atomic E-state index is 0.213. The Balaban J connectivity index is 2.28. The van der Waals surface area contributed by atoms with E-state index in [1.807, 2.05) is 25.1 Å². The van der Waals surface area contributed by atoms with Crippen molar-refractivity contribution in [1.82, 2.24) is 4.98 Å². The molecule has 1 aromatic heterocycles. The van der Waals surface area contributed by atoms with Crippen LogP contribution in [0.4, 0.5) is 11.4 Å². The third kappa shape index (κ3) is 3.32. The van der Waals surface area contributed by atoms with Crippen LogP contribution in [0, 0.1) is 13.8 Å². The first-order chi connectivity index (χ1) is 8.95. The predicted octanol–water partition coefficient (Wildman–Crippen LogP) is 3.30. The summed E-state index contributed by atoms with van der Waals surface area (Å²) in [5.74, 6) is -0.213. The number of benzene rings is 1. The van der Waals surface area contributed by atoms with Gasteiger partial charge in [-0.05, 0) is 43.7 Å². The van der Waals surface area contributed by atoms with E-state index in [0.717, 1.165) is 15.7 Å². The molecule has 0 unspecified atom stereocenters. The first-order valence-corrected chi connectivity index (χ1v) is 6.55. The summed E-state index contributed by atoms with van der Waals surface area (Å²) in [4.78, 5) is 16.3. The summed E-state index contributed by atoms with van der Waals surface area (Å²) < 4.78 is 0.922. The van der Waals surface area contributed by atoms with Crippen LogP contribution in [0.3, 0.4) is 0 Å². The van der Waals surface area contributed by atoms with Gasteiger partial charge in [0.05, 0.1) is 23.1 Å². The van der Waals surface area contributed by atoms with Gasteiger partial charge in [0, 0.05) is 10.2 Å². The van der Waals surface area contributed by atoms with Crippen molar-refractivity contribution in [2.45, 2.75) is 13.8 Å². The second-order valence-electron chi connectivity index (χ2n) is 4.37. The summed E-state index contributed by atoms with van der Waals surface area (Å²) >= 11 is 3.40. The van der Waals surface area contributed by atoms with Crippen molar-refractivity contribution in [1.29, 1.82) is 0 Å². The van der Waals surface area contributed by atoms with E-state index in [1.54, 1.807) is 13.0 Å². The van der Waals surface area contributed by atoms with Crippen molar-refractivity contribution in [3.05, 3.63) is 51.8 Å². The van der Waals surface area contributed by atoms with Gasteiger partial charge < -0.3 is 11.1 Å². The molecule has 0 atom stereocenters. The van der Waals surface area contributed by atoms with Gasteiger partial charge in [-0.1, -0.05) is 15.9 Å². The smallest absolute Gasteiger partial charge is 0.257 e. The van der Waals surface area contributed by atoms with Gasteiger partial charge in [-0.25, -0.2) is 0 Å². The van der Waals surface area contributed by atoms with Gasteiger partial charge in [-0.15, -0.1) is 0 Å². The molecule has 2 rings (SSSR count). The standard InChI is InChI=1S/C14H14BrN3O/c1-8-3-10(15)5-12(4-8)18-14(19)13-6-11(16)7-17-9(13)2/h3-7H,16H2,1-2H3,(H,18,19). The van der Waals surface area contributed by atoms with Crippen LogP contribution in [0.2, 0.25) is 0 Å². The molecule has 1 amide bonds. The number of halogens is 1. The lowest BCUT2D eigenvalue weighted by molar-refractivity contribution is 0.102. The number of nitrogen functional groups attached to an aromatic ring is 1. The zero-order valence-electron chi connectivity index (χ0n) is 10.7. The Morgan fingerprint density at radius 3 is 2.68 bits per heavy atom. The average molecular weight is 320 g/mol. The van der Waals surface area contributed by atoms with Gasteiger partial charge in [0.1, 0.15) is 0 Å². The number of nitrogens with two attached hydrogens (primary N) is 1. The fourth-order valence-corrected chi connectivity index (χ4v) is 2.39. The van der Waals surface area contributed by atoms with Gasteiger partial charge in [0.15, 0.2) is 0 Å². The summed E-state index contributed by atoms with van der Waals surface area (Å²) in [6, 6.07) is 7.35. The minimum Gasteiger partial charge on any atom is -0.397 e. The number of hydrogen-bond acceptors (Lipinski definition) is 3. The molecule has 0 aliphatic rings. The summed E-state index contributed by atoms with van der Waals surface area (Å²) in [5, 5.41) is 2.84. The van der Waals surface area contributed by atoms with E-state index in [-0.39, 0.29) is 5.91 Å². The largest absolute Gasteiger partial charge is 0.397 e. The molecule has 1 heterocycles. The Bertz CT molecular complexity index is 620. The fraction of sp³-hybridized carbons (Fsp3) is 0.143. The normalized spacial score (nSPS) is 10.3.